The second kappa shape index (κ2) is 18.1. The summed E-state index contributed by atoms with van der Waals surface area (Å²) < 4.78 is 40.7. The zero-order valence-electron chi connectivity index (χ0n) is 23.8. The van der Waals surface area contributed by atoms with Crippen molar-refractivity contribution in [2.75, 3.05) is 26.4 Å². The van der Waals surface area contributed by atoms with E-state index in [0.29, 0.717) is 43.5 Å². The van der Waals surface area contributed by atoms with E-state index >= 15 is 0 Å². The molecule has 0 saturated carbocycles. The van der Waals surface area contributed by atoms with Crippen LogP contribution in [-0.4, -0.2) is 37.5 Å². The Hall–Kier alpha value is -3.32. The summed E-state index contributed by atoms with van der Waals surface area (Å²) >= 11 is 0. The number of aliphatic carboxylic acids is 1. The van der Waals surface area contributed by atoms with Crippen LogP contribution in [0, 0.1) is 20.8 Å². The Kier molecular flexibility index (Phi) is 14.9. The van der Waals surface area contributed by atoms with Crippen molar-refractivity contribution in [1.82, 2.24) is 0 Å². The summed E-state index contributed by atoms with van der Waals surface area (Å²) in [4.78, 5) is 10.1. The highest BCUT2D eigenvalue weighted by Crippen LogP contribution is 2.49. The number of phosphoric acid groups is 1. The molecule has 0 aliphatic carbocycles. The fraction of sp³-hybridized carbons (Fsp3) is 0.387. The number of benzene rings is 3. The first-order valence-corrected chi connectivity index (χ1v) is 14.9. The molecule has 1 N–H and O–H groups in total. The van der Waals surface area contributed by atoms with Crippen LogP contribution in [0.15, 0.2) is 72.8 Å². The average molecular weight is 573 g/mol. The van der Waals surface area contributed by atoms with Gasteiger partial charge in [-0.1, -0.05) is 66.4 Å². The van der Waals surface area contributed by atoms with Crippen molar-refractivity contribution >= 4 is 13.8 Å². The number of rotatable bonds is 16. The van der Waals surface area contributed by atoms with Gasteiger partial charge in [0.2, 0.25) is 0 Å². The molecule has 0 amide bonds. The van der Waals surface area contributed by atoms with E-state index in [-0.39, 0.29) is 6.42 Å². The summed E-state index contributed by atoms with van der Waals surface area (Å²) in [5.41, 5.74) is 3.23. The third-order valence-corrected chi connectivity index (χ3v) is 6.71. The SMILES string of the molecule is CCCCOCCOCCCC(=O)O.Cc1ccc(OP(=O)(Oc2ccc(C)cc2)Oc2ccc(C)cc2)cc1. The van der Waals surface area contributed by atoms with Crippen molar-refractivity contribution in [1.29, 1.82) is 0 Å². The molecular formula is C31H41O8P. The lowest BCUT2D eigenvalue weighted by Crippen LogP contribution is -2.07. The Morgan fingerprint density at radius 1 is 0.625 bits per heavy atom. The minimum atomic E-state index is -3.93. The molecule has 0 saturated heterocycles. The minimum Gasteiger partial charge on any atom is -0.481 e. The number of hydrogen-bond acceptors (Lipinski definition) is 7. The van der Waals surface area contributed by atoms with Crippen LogP contribution in [-0.2, 0) is 18.8 Å². The molecule has 3 rings (SSSR count). The van der Waals surface area contributed by atoms with Crippen LogP contribution in [0.25, 0.3) is 0 Å². The lowest BCUT2D eigenvalue weighted by atomic mass is 10.2. The van der Waals surface area contributed by atoms with Crippen molar-refractivity contribution in [2.24, 2.45) is 0 Å². The van der Waals surface area contributed by atoms with Gasteiger partial charge in [-0.15, -0.1) is 0 Å². The van der Waals surface area contributed by atoms with Gasteiger partial charge in [-0.05, 0) is 70.0 Å². The highest BCUT2D eigenvalue weighted by molar-refractivity contribution is 7.49. The largest absolute Gasteiger partial charge is 0.647 e. The maximum atomic E-state index is 13.3. The number of unbranched alkanes of at least 4 members (excludes halogenated alkanes) is 1. The molecule has 0 unspecified atom stereocenters. The van der Waals surface area contributed by atoms with Crippen LogP contribution < -0.4 is 13.6 Å². The summed E-state index contributed by atoms with van der Waals surface area (Å²) in [7, 11) is -3.93. The molecule has 9 heteroatoms. The molecule has 8 nitrogen and oxygen atoms in total. The Morgan fingerprint density at radius 2 is 0.975 bits per heavy atom. The topological polar surface area (TPSA) is 101 Å². The smallest absolute Gasteiger partial charge is 0.481 e. The standard InChI is InChI=1S/C21H21O4P.C10H20O4/c1-16-4-10-19(11-5-16)23-26(22,24-20-12-6-17(2)7-13-20)25-21-14-8-18(3)9-15-21;1-2-3-6-13-8-9-14-7-4-5-10(11)12/h4-15H,1-3H3;2-9H2,1H3,(H,11,12). The van der Waals surface area contributed by atoms with Gasteiger partial charge < -0.3 is 28.2 Å². The molecule has 0 aliphatic rings. The Bertz CT molecular complexity index is 1040. The third-order valence-electron chi connectivity index (χ3n) is 5.41. The molecule has 0 heterocycles. The van der Waals surface area contributed by atoms with Gasteiger partial charge in [0.1, 0.15) is 17.2 Å². The number of carbonyl (C=O) groups is 1. The van der Waals surface area contributed by atoms with Crippen molar-refractivity contribution in [3.8, 4) is 17.2 Å². The minimum absolute atomic E-state index is 0.177. The van der Waals surface area contributed by atoms with Crippen LogP contribution in [0.5, 0.6) is 17.2 Å². The van der Waals surface area contributed by atoms with E-state index in [4.69, 9.17) is 28.2 Å². The van der Waals surface area contributed by atoms with Crippen LogP contribution in [0.4, 0.5) is 0 Å². The normalized spacial score (nSPS) is 10.8. The first-order valence-electron chi connectivity index (χ1n) is 13.4. The van der Waals surface area contributed by atoms with E-state index < -0.39 is 13.8 Å². The zero-order chi connectivity index (χ0) is 29.2. The van der Waals surface area contributed by atoms with E-state index in [1.54, 1.807) is 36.4 Å². The van der Waals surface area contributed by atoms with Gasteiger partial charge in [0.25, 0.3) is 0 Å². The lowest BCUT2D eigenvalue weighted by molar-refractivity contribution is -0.137. The second-order valence-electron chi connectivity index (χ2n) is 9.24. The zero-order valence-corrected chi connectivity index (χ0v) is 24.7. The van der Waals surface area contributed by atoms with Crippen LogP contribution >= 0.6 is 7.82 Å². The highest BCUT2D eigenvalue weighted by atomic mass is 31.2. The van der Waals surface area contributed by atoms with Crippen molar-refractivity contribution in [3.63, 3.8) is 0 Å². The Morgan fingerprint density at radius 3 is 1.30 bits per heavy atom. The monoisotopic (exact) mass is 572 g/mol. The Labute approximate surface area is 237 Å². The average Bonchev–Trinajstić information content (AvgIpc) is 2.92. The molecule has 0 spiro atoms. The molecule has 40 heavy (non-hydrogen) atoms. The summed E-state index contributed by atoms with van der Waals surface area (Å²) in [6.45, 7) is 10.5. The number of carboxylic acids is 1. The summed E-state index contributed by atoms with van der Waals surface area (Å²) in [5.74, 6) is 0.474. The number of carboxylic acid groups (broad SMARTS) is 1. The fourth-order valence-corrected chi connectivity index (χ4v) is 4.39. The number of hydrogen-bond donors (Lipinski definition) is 1. The number of phosphoric ester groups is 1. The van der Waals surface area contributed by atoms with E-state index in [1.807, 2.05) is 57.2 Å². The Balaban J connectivity index is 0.000000342. The predicted octanol–water partition coefficient (Wildman–Crippen LogP) is 7.94. The molecule has 218 valence electrons. The van der Waals surface area contributed by atoms with Gasteiger partial charge in [-0.25, -0.2) is 0 Å². The fourth-order valence-electron chi connectivity index (χ4n) is 3.13. The van der Waals surface area contributed by atoms with Crippen molar-refractivity contribution in [3.05, 3.63) is 89.5 Å². The van der Waals surface area contributed by atoms with Crippen LogP contribution in [0.1, 0.15) is 49.3 Å². The van der Waals surface area contributed by atoms with Crippen molar-refractivity contribution < 1.29 is 37.5 Å². The molecule has 0 fully saturated rings. The van der Waals surface area contributed by atoms with Gasteiger partial charge in [-0.3, -0.25) is 4.79 Å². The molecule has 3 aromatic rings. The van der Waals surface area contributed by atoms with Gasteiger partial charge in [-0.2, -0.15) is 4.57 Å². The van der Waals surface area contributed by atoms with E-state index in [1.165, 1.54) is 0 Å². The third kappa shape index (κ3) is 14.2. The summed E-state index contributed by atoms with van der Waals surface area (Å²) in [6.07, 6.45) is 2.97. The predicted molar refractivity (Wildman–Crippen MR) is 156 cm³/mol. The molecule has 0 aliphatic heterocycles. The van der Waals surface area contributed by atoms with Crippen LogP contribution in [0.3, 0.4) is 0 Å². The molecule has 3 aromatic carbocycles. The second-order valence-corrected chi connectivity index (χ2v) is 10.7. The van der Waals surface area contributed by atoms with Gasteiger partial charge in [0.05, 0.1) is 13.2 Å². The van der Waals surface area contributed by atoms with Crippen LogP contribution in [0.2, 0.25) is 0 Å². The number of aryl methyl sites for hydroxylation is 3. The maximum Gasteiger partial charge on any atom is 0.647 e. The quantitative estimate of drug-likeness (QED) is 0.136. The van der Waals surface area contributed by atoms with Gasteiger partial charge in [0.15, 0.2) is 0 Å². The van der Waals surface area contributed by atoms with Gasteiger partial charge >= 0.3 is 13.8 Å². The van der Waals surface area contributed by atoms with E-state index in [9.17, 15) is 9.36 Å². The summed E-state index contributed by atoms with van der Waals surface area (Å²) in [6, 6.07) is 21.6. The van der Waals surface area contributed by atoms with Crippen molar-refractivity contribution in [2.45, 2.75) is 53.4 Å². The first-order chi connectivity index (χ1) is 19.2. The molecular weight excluding hydrogens is 531 g/mol. The molecule has 0 bridgehead atoms. The molecule has 0 aromatic heterocycles. The van der Waals surface area contributed by atoms with Gasteiger partial charge in [0, 0.05) is 19.6 Å². The summed E-state index contributed by atoms with van der Waals surface area (Å²) in [5, 5.41) is 8.33. The maximum absolute atomic E-state index is 13.3. The molecule has 0 radical (unpaired) electrons. The lowest BCUT2D eigenvalue weighted by Gasteiger charge is -2.19. The highest BCUT2D eigenvalue weighted by Gasteiger charge is 2.33. The first kappa shape index (κ1) is 32.9. The van der Waals surface area contributed by atoms with E-state index in [0.717, 1.165) is 36.1 Å². The van der Waals surface area contributed by atoms with E-state index in [2.05, 4.69) is 6.92 Å². The molecule has 0 atom stereocenters. The number of ether oxygens (including phenoxy) is 2.